The summed E-state index contributed by atoms with van der Waals surface area (Å²) in [7, 11) is 0. The minimum absolute atomic E-state index is 0.0522. The highest BCUT2D eigenvalue weighted by Crippen LogP contribution is 2.34. The van der Waals surface area contributed by atoms with Gasteiger partial charge in [-0.05, 0) is 37.0 Å². The highest BCUT2D eigenvalue weighted by atomic mass is 19.4. The van der Waals surface area contributed by atoms with E-state index in [-0.39, 0.29) is 11.7 Å². The van der Waals surface area contributed by atoms with E-state index in [2.05, 4.69) is 5.32 Å². The first-order valence-corrected chi connectivity index (χ1v) is 6.01. The van der Waals surface area contributed by atoms with Crippen molar-refractivity contribution in [1.29, 1.82) is 0 Å². The van der Waals surface area contributed by atoms with E-state index in [1.165, 1.54) is 0 Å². The lowest BCUT2D eigenvalue weighted by Crippen LogP contribution is -2.22. The Kier molecular flexibility index (Phi) is 3.50. The van der Waals surface area contributed by atoms with Crippen LogP contribution in [0.3, 0.4) is 0 Å². The van der Waals surface area contributed by atoms with Gasteiger partial charge in [0.15, 0.2) is 0 Å². The van der Waals surface area contributed by atoms with Crippen molar-refractivity contribution in [2.75, 3.05) is 5.32 Å². The van der Waals surface area contributed by atoms with E-state index >= 15 is 0 Å². The Morgan fingerprint density at radius 3 is 2.50 bits per heavy atom. The van der Waals surface area contributed by atoms with Crippen molar-refractivity contribution in [2.45, 2.75) is 38.4 Å². The maximum Gasteiger partial charge on any atom is 0.416 e. The van der Waals surface area contributed by atoms with E-state index in [1.54, 1.807) is 0 Å². The van der Waals surface area contributed by atoms with Gasteiger partial charge in [0.05, 0.1) is 11.3 Å². The second kappa shape index (κ2) is 4.78. The van der Waals surface area contributed by atoms with Crippen LogP contribution in [0.4, 0.5) is 23.2 Å². The molecule has 0 aromatic heterocycles. The van der Waals surface area contributed by atoms with Crippen molar-refractivity contribution in [3.63, 3.8) is 0 Å². The Labute approximate surface area is 103 Å². The summed E-state index contributed by atoms with van der Waals surface area (Å²) in [4.78, 5) is 0. The lowest BCUT2D eigenvalue weighted by molar-refractivity contribution is -0.137. The Hall–Kier alpha value is -1.26. The maximum absolute atomic E-state index is 13.5. The van der Waals surface area contributed by atoms with E-state index in [0.717, 1.165) is 37.5 Å². The molecule has 2 rings (SSSR count). The summed E-state index contributed by atoms with van der Waals surface area (Å²) in [6, 6.07) is 2.53. The van der Waals surface area contributed by atoms with Crippen LogP contribution < -0.4 is 5.32 Å². The van der Waals surface area contributed by atoms with Crippen molar-refractivity contribution >= 4 is 5.69 Å². The molecule has 2 unspecified atom stereocenters. The molecule has 1 nitrogen and oxygen atoms in total. The molecule has 100 valence electrons. The largest absolute Gasteiger partial charge is 0.416 e. The van der Waals surface area contributed by atoms with Gasteiger partial charge in [0.25, 0.3) is 0 Å². The highest BCUT2D eigenvalue weighted by molar-refractivity contribution is 5.49. The number of rotatable bonds is 2. The topological polar surface area (TPSA) is 12.0 Å². The Bertz CT molecular complexity index is 427. The Balaban J connectivity index is 2.21. The van der Waals surface area contributed by atoms with Crippen LogP contribution in [0.15, 0.2) is 18.2 Å². The van der Waals surface area contributed by atoms with Gasteiger partial charge < -0.3 is 5.32 Å². The molecule has 1 aromatic rings. The molecule has 0 saturated heterocycles. The molecule has 1 aliphatic rings. The molecule has 0 radical (unpaired) electrons. The van der Waals surface area contributed by atoms with Crippen LogP contribution in [0.5, 0.6) is 0 Å². The van der Waals surface area contributed by atoms with Crippen LogP contribution in [0.1, 0.15) is 31.7 Å². The van der Waals surface area contributed by atoms with E-state index in [4.69, 9.17) is 0 Å². The molecule has 0 bridgehead atoms. The molecule has 1 aliphatic carbocycles. The first-order valence-electron chi connectivity index (χ1n) is 6.01. The summed E-state index contributed by atoms with van der Waals surface area (Å²) in [5.41, 5.74) is -0.874. The zero-order valence-corrected chi connectivity index (χ0v) is 10.0. The second-order valence-corrected chi connectivity index (χ2v) is 4.85. The number of halogens is 4. The maximum atomic E-state index is 13.5. The molecule has 1 fully saturated rings. The van der Waals surface area contributed by atoms with E-state index in [0.29, 0.717) is 5.92 Å². The van der Waals surface area contributed by atoms with Crippen molar-refractivity contribution < 1.29 is 17.6 Å². The summed E-state index contributed by atoms with van der Waals surface area (Å²) in [6.45, 7) is 2.02. The minimum Gasteiger partial charge on any atom is -0.380 e. The number of benzene rings is 1. The number of nitrogens with one attached hydrogen (secondary N) is 1. The summed E-state index contributed by atoms with van der Waals surface area (Å²) in [5.74, 6) is -0.277. The molecule has 2 atom stereocenters. The van der Waals surface area contributed by atoms with Gasteiger partial charge in [-0.25, -0.2) is 4.39 Å². The predicted molar refractivity (Wildman–Crippen MR) is 61.8 cm³/mol. The molecular weight excluding hydrogens is 246 g/mol. The third-order valence-electron chi connectivity index (χ3n) is 3.50. The van der Waals surface area contributed by atoms with Gasteiger partial charge in [-0.15, -0.1) is 0 Å². The standard InChI is InChI=1S/C13H15F4N/c1-8-3-2-4-11(8)18-12-7-9(13(15,16)17)5-6-10(12)14/h5-8,11,18H,2-4H2,1H3. The van der Waals surface area contributed by atoms with Gasteiger partial charge in [0, 0.05) is 6.04 Å². The quantitative estimate of drug-likeness (QED) is 0.776. The molecule has 0 heterocycles. The SMILES string of the molecule is CC1CCCC1Nc1cc(C(F)(F)F)ccc1F. The molecule has 0 amide bonds. The normalized spacial score (nSPS) is 24.3. The van der Waals surface area contributed by atoms with Crippen molar-refractivity contribution in [2.24, 2.45) is 5.92 Å². The monoisotopic (exact) mass is 261 g/mol. The van der Waals surface area contributed by atoms with Crippen molar-refractivity contribution in [3.8, 4) is 0 Å². The van der Waals surface area contributed by atoms with Crippen molar-refractivity contribution in [3.05, 3.63) is 29.6 Å². The molecule has 1 aromatic carbocycles. The van der Waals surface area contributed by atoms with E-state index < -0.39 is 17.6 Å². The Morgan fingerprint density at radius 1 is 1.22 bits per heavy atom. The van der Waals surface area contributed by atoms with Crippen LogP contribution in [0.2, 0.25) is 0 Å². The summed E-state index contributed by atoms with van der Waals surface area (Å²) in [5, 5.41) is 2.90. The summed E-state index contributed by atoms with van der Waals surface area (Å²) < 4.78 is 51.1. The van der Waals surface area contributed by atoms with Crippen molar-refractivity contribution in [1.82, 2.24) is 0 Å². The molecule has 0 aliphatic heterocycles. The van der Waals surface area contributed by atoms with Gasteiger partial charge in [-0.2, -0.15) is 13.2 Å². The van der Waals surface area contributed by atoms with Crippen LogP contribution in [0, 0.1) is 11.7 Å². The van der Waals surface area contributed by atoms with Crippen LogP contribution in [0.25, 0.3) is 0 Å². The molecule has 0 spiro atoms. The van der Waals surface area contributed by atoms with Gasteiger partial charge >= 0.3 is 6.18 Å². The molecule has 1 saturated carbocycles. The number of hydrogen-bond acceptors (Lipinski definition) is 1. The smallest absolute Gasteiger partial charge is 0.380 e. The zero-order chi connectivity index (χ0) is 13.3. The van der Waals surface area contributed by atoms with Crippen LogP contribution >= 0.6 is 0 Å². The Morgan fingerprint density at radius 2 is 1.94 bits per heavy atom. The number of anilines is 1. The van der Waals surface area contributed by atoms with Crippen LogP contribution in [-0.2, 0) is 6.18 Å². The third-order valence-corrected chi connectivity index (χ3v) is 3.50. The molecular formula is C13H15F4N. The van der Waals surface area contributed by atoms with Gasteiger partial charge in [-0.1, -0.05) is 13.3 Å². The third kappa shape index (κ3) is 2.76. The highest BCUT2D eigenvalue weighted by Gasteiger charge is 2.32. The minimum atomic E-state index is -4.44. The molecule has 5 heteroatoms. The first-order chi connectivity index (χ1) is 8.38. The fraction of sp³-hybridized carbons (Fsp3) is 0.538. The lowest BCUT2D eigenvalue weighted by atomic mass is 10.1. The summed E-state index contributed by atoms with van der Waals surface area (Å²) in [6.07, 6.45) is -1.51. The molecule has 1 N–H and O–H groups in total. The first kappa shape index (κ1) is 13.2. The average Bonchev–Trinajstić information content (AvgIpc) is 2.66. The fourth-order valence-corrected chi connectivity index (χ4v) is 2.37. The second-order valence-electron chi connectivity index (χ2n) is 4.85. The van der Waals surface area contributed by atoms with Crippen LogP contribution in [-0.4, -0.2) is 6.04 Å². The number of alkyl halides is 3. The van der Waals surface area contributed by atoms with Gasteiger partial charge in [-0.3, -0.25) is 0 Å². The average molecular weight is 261 g/mol. The summed E-state index contributed by atoms with van der Waals surface area (Å²) >= 11 is 0. The van der Waals surface area contributed by atoms with E-state index in [9.17, 15) is 17.6 Å². The van der Waals surface area contributed by atoms with Gasteiger partial charge in [0.2, 0.25) is 0 Å². The fourth-order valence-electron chi connectivity index (χ4n) is 2.37. The number of hydrogen-bond donors (Lipinski definition) is 1. The molecule has 18 heavy (non-hydrogen) atoms. The lowest BCUT2D eigenvalue weighted by Gasteiger charge is -2.20. The zero-order valence-electron chi connectivity index (χ0n) is 10.0. The van der Waals surface area contributed by atoms with E-state index in [1.807, 2.05) is 6.92 Å². The van der Waals surface area contributed by atoms with Gasteiger partial charge in [0.1, 0.15) is 5.82 Å². The predicted octanol–water partition coefficient (Wildman–Crippen LogP) is 4.45.